The molecule has 4 nitrogen and oxygen atoms in total. The zero-order valence-electron chi connectivity index (χ0n) is 11.2. The molecule has 0 spiro atoms. The Bertz CT molecular complexity index is 722. The molecule has 2 aromatic carbocycles. The molecule has 0 aromatic heterocycles. The minimum atomic E-state index is -1.26. The Balaban J connectivity index is 2.30. The number of aliphatic hydroxyl groups is 1. The van der Waals surface area contributed by atoms with E-state index >= 15 is 0 Å². The number of hydrogen-bond donors (Lipinski definition) is 2. The summed E-state index contributed by atoms with van der Waals surface area (Å²) in [5.74, 6) is 0.172. The van der Waals surface area contributed by atoms with Gasteiger partial charge in [0.1, 0.15) is 11.5 Å². The lowest BCUT2D eigenvalue weighted by atomic mass is 9.81. The van der Waals surface area contributed by atoms with Crippen LogP contribution in [-0.2, 0) is 5.54 Å². The van der Waals surface area contributed by atoms with Crippen molar-refractivity contribution in [1.29, 1.82) is 0 Å². The van der Waals surface area contributed by atoms with Crippen molar-refractivity contribution < 1.29 is 19.0 Å². The third-order valence-electron chi connectivity index (χ3n) is 3.62. The molecule has 0 saturated heterocycles. The average Bonchev–Trinajstić information content (AvgIpc) is 2.49. The Morgan fingerprint density at radius 2 is 2.10 bits per heavy atom. The molecule has 6 heteroatoms. The van der Waals surface area contributed by atoms with Crippen molar-refractivity contribution in [2.45, 2.75) is 5.54 Å². The summed E-state index contributed by atoms with van der Waals surface area (Å²) >= 11 is 3.36. The van der Waals surface area contributed by atoms with E-state index in [-0.39, 0.29) is 12.4 Å². The predicted octanol–water partition coefficient (Wildman–Crippen LogP) is 2.90. The average molecular weight is 354 g/mol. The first-order valence-corrected chi connectivity index (χ1v) is 7.04. The van der Waals surface area contributed by atoms with Crippen LogP contribution in [0.3, 0.4) is 0 Å². The highest BCUT2D eigenvalue weighted by Gasteiger charge is 2.40. The molecule has 3 N–H and O–H groups in total. The lowest BCUT2D eigenvalue weighted by molar-refractivity contribution is 0.209. The molecule has 0 saturated carbocycles. The second-order valence-corrected chi connectivity index (χ2v) is 5.77. The largest absolute Gasteiger partial charge is 0.497 e. The van der Waals surface area contributed by atoms with Crippen molar-refractivity contribution in [2.24, 2.45) is 5.73 Å². The Labute approximate surface area is 129 Å². The van der Waals surface area contributed by atoms with E-state index in [9.17, 15) is 9.50 Å². The first-order chi connectivity index (χ1) is 9.99. The van der Waals surface area contributed by atoms with Crippen molar-refractivity contribution in [3.05, 3.63) is 51.7 Å². The summed E-state index contributed by atoms with van der Waals surface area (Å²) in [5.41, 5.74) is 6.05. The Morgan fingerprint density at radius 1 is 1.33 bits per heavy atom. The zero-order chi connectivity index (χ0) is 15.2. The van der Waals surface area contributed by atoms with E-state index in [2.05, 4.69) is 15.9 Å². The third kappa shape index (κ3) is 2.10. The van der Waals surface area contributed by atoms with Gasteiger partial charge in [-0.2, -0.15) is 0 Å². The fourth-order valence-electron chi connectivity index (χ4n) is 2.49. The van der Waals surface area contributed by atoms with Gasteiger partial charge in [0.15, 0.2) is 11.6 Å². The van der Waals surface area contributed by atoms with Gasteiger partial charge in [-0.05, 0) is 24.3 Å². The Kier molecular flexibility index (Phi) is 3.39. The van der Waals surface area contributed by atoms with Crippen LogP contribution >= 0.6 is 15.9 Å². The van der Waals surface area contributed by atoms with Gasteiger partial charge in [-0.1, -0.05) is 15.9 Å². The van der Waals surface area contributed by atoms with Crippen LogP contribution in [-0.4, -0.2) is 18.8 Å². The van der Waals surface area contributed by atoms with Crippen molar-refractivity contribution >= 4 is 15.9 Å². The summed E-state index contributed by atoms with van der Waals surface area (Å²) in [6.45, 7) is -0.389. The fraction of sp³-hybridized carbons (Fsp3) is 0.200. The number of halogens is 2. The minimum absolute atomic E-state index is 0.0159. The molecule has 1 aliphatic heterocycles. The second kappa shape index (κ2) is 4.98. The van der Waals surface area contributed by atoms with E-state index in [0.29, 0.717) is 22.6 Å². The topological polar surface area (TPSA) is 64.7 Å². The molecule has 0 aliphatic carbocycles. The quantitative estimate of drug-likeness (QED) is 0.871. The van der Waals surface area contributed by atoms with E-state index in [1.165, 1.54) is 13.2 Å². The van der Waals surface area contributed by atoms with Gasteiger partial charge in [-0.25, -0.2) is 4.39 Å². The van der Waals surface area contributed by atoms with Gasteiger partial charge in [0.2, 0.25) is 0 Å². The van der Waals surface area contributed by atoms with Gasteiger partial charge in [0.25, 0.3) is 0 Å². The highest BCUT2D eigenvalue weighted by Crippen LogP contribution is 2.48. The number of nitrogens with two attached hydrogens (primary N) is 1. The maximum atomic E-state index is 14.2. The number of aliphatic hydroxyl groups excluding tert-OH is 1. The molecule has 1 atom stereocenters. The SMILES string of the molecule is COc1cc(F)c2c(c1)[C@@](N)(CO)c1cc(Br)ccc1O2. The summed E-state index contributed by atoms with van der Waals surface area (Å²) in [6.07, 6.45) is 0. The van der Waals surface area contributed by atoms with Crippen molar-refractivity contribution in [2.75, 3.05) is 13.7 Å². The first kappa shape index (κ1) is 14.3. The number of methoxy groups -OCH3 is 1. The van der Waals surface area contributed by atoms with Crippen LogP contribution in [0.2, 0.25) is 0 Å². The van der Waals surface area contributed by atoms with Gasteiger partial charge in [0, 0.05) is 21.7 Å². The van der Waals surface area contributed by atoms with Crippen molar-refractivity contribution in [1.82, 2.24) is 0 Å². The standard InChI is InChI=1S/C15H13BrFNO3/c1-20-9-5-11-14(12(17)6-9)21-13-3-2-8(16)4-10(13)15(11,18)7-19/h2-6,19H,7,18H2,1H3/t15-/m1/s1. The van der Waals surface area contributed by atoms with E-state index in [4.69, 9.17) is 15.2 Å². The maximum Gasteiger partial charge on any atom is 0.169 e. The maximum absolute atomic E-state index is 14.2. The first-order valence-electron chi connectivity index (χ1n) is 6.25. The second-order valence-electron chi connectivity index (χ2n) is 4.86. The lowest BCUT2D eigenvalue weighted by Gasteiger charge is -2.36. The molecular weight excluding hydrogens is 341 g/mol. The fourth-order valence-corrected chi connectivity index (χ4v) is 2.85. The number of hydrogen-bond acceptors (Lipinski definition) is 4. The normalized spacial score (nSPS) is 19.5. The number of fused-ring (bicyclic) bond motifs is 2. The van der Waals surface area contributed by atoms with Crippen molar-refractivity contribution in [3.63, 3.8) is 0 Å². The molecule has 1 heterocycles. The summed E-state index contributed by atoms with van der Waals surface area (Å²) in [6, 6.07) is 8.01. The summed E-state index contributed by atoms with van der Waals surface area (Å²) in [5, 5.41) is 9.83. The van der Waals surface area contributed by atoms with E-state index in [0.717, 1.165) is 4.47 Å². The van der Waals surface area contributed by atoms with Gasteiger partial charge in [-0.15, -0.1) is 0 Å². The highest BCUT2D eigenvalue weighted by atomic mass is 79.9. The molecule has 0 amide bonds. The summed E-state index contributed by atoms with van der Waals surface area (Å²) < 4.78 is 25.7. The van der Waals surface area contributed by atoms with Crippen LogP contribution in [0.4, 0.5) is 4.39 Å². The van der Waals surface area contributed by atoms with Crippen molar-refractivity contribution in [3.8, 4) is 17.2 Å². The molecule has 0 radical (unpaired) electrons. The minimum Gasteiger partial charge on any atom is -0.497 e. The van der Waals surface area contributed by atoms with E-state index in [1.807, 2.05) is 0 Å². The number of benzene rings is 2. The number of rotatable bonds is 2. The van der Waals surface area contributed by atoms with E-state index < -0.39 is 11.4 Å². The van der Waals surface area contributed by atoms with Crippen LogP contribution in [0.15, 0.2) is 34.8 Å². The molecule has 21 heavy (non-hydrogen) atoms. The zero-order valence-corrected chi connectivity index (χ0v) is 12.8. The number of ether oxygens (including phenoxy) is 2. The van der Waals surface area contributed by atoms with Gasteiger partial charge < -0.3 is 20.3 Å². The van der Waals surface area contributed by atoms with Crippen LogP contribution in [0, 0.1) is 5.82 Å². The van der Waals surface area contributed by atoms with Gasteiger partial charge in [-0.3, -0.25) is 0 Å². The van der Waals surface area contributed by atoms with E-state index in [1.54, 1.807) is 24.3 Å². The summed E-state index contributed by atoms with van der Waals surface area (Å²) in [7, 11) is 1.44. The molecule has 110 valence electrons. The van der Waals surface area contributed by atoms with Crippen LogP contribution < -0.4 is 15.2 Å². The van der Waals surface area contributed by atoms with Gasteiger partial charge in [0.05, 0.1) is 19.3 Å². The monoisotopic (exact) mass is 353 g/mol. The Hall–Kier alpha value is -1.63. The van der Waals surface area contributed by atoms with Crippen LogP contribution in [0.25, 0.3) is 0 Å². The van der Waals surface area contributed by atoms with Crippen LogP contribution in [0.1, 0.15) is 11.1 Å². The van der Waals surface area contributed by atoms with Crippen LogP contribution in [0.5, 0.6) is 17.2 Å². The Morgan fingerprint density at radius 3 is 2.76 bits per heavy atom. The smallest absolute Gasteiger partial charge is 0.169 e. The molecule has 0 fully saturated rings. The highest BCUT2D eigenvalue weighted by molar-refractivity contribution is 9.10. The van der Waals surface area contributed by atoms with Gasteiger partial charge >= 0.3 is 0 Å². The summed E-state index contributed by atoms with van der Waals surface area (Å²) in [4.78, 5) is 0. The predicted molar refractivity (Wildman–Crippen MR) is 79.2 cm³/mol. The molecular formula is C15H13BrFNO3. The molecule has 2 aromatic rings. The third-order valence-corrected chi connectivity index (χ3v) is 4.11. The molecule has 1 aliphatic rings. The lowest BCUT2D eigenvalue weighted by Crippen LogP contribution is -2.44. The molecule has 3 rings (SSSR count). The molecule has 0 bridgehead atoms. The molecule has 0 unspecified atom stereocenters.